The van der Waals surface area contributed by atoms with Gasteiger partial charge >= 0.3 is 0 Å². The zero-order valence-corrected chi connectivity index (χ0v) is 18.5. The number of para-hydroxylation sites is 1. The van der Waals surface area contributed by atoms with Crippen LogP contribution in [0.5, 0.6) is 0 Å². The third-order valence-electron chi connectivity index (χ3n) is 4.40. The van der Waals surface area contributed by atoms with E-state index in [0.717, 1.165) is 0 Å². The van der Waals surface area contributed by atoms with Crippen LogP contribution in [-0.4, -0.2) is 32.3 Å². The van der Waals surface area contributed by atoms with E-state index in [4.69, 9.17) is 11.6 Å². The van der Waals surface area contributed by atoms with Crippen LogP contribution in [0.15, 0.2) is 53.7 Å². The van der Waals surface area contributed by atoms with E-state index in [9.17, 15) is 14.0 Å². The minimum atomic E-state index is -0.593. The molecule has 1 aromatic heterocycles. The van der Waals surface area contributed by atoms with Gasteiger partial charge < -0.3 is 15.2 Å². The molecule has 0 aliphatic rings. The quantitative estimate of drug-likeness (QED) is 0.488. The van der Waals surface area contributed by atoms with Crippen molar-refractivity contribution in [3.63, 3.8) is 0 Å². The molecule has 7 nitrogen and oxygen atoms in total. The zero-order valence-electron chi connectivity index (χ0n) is 16.9. The number of nitrogens with zero attached hydrogens (tertiary/aromatic N) is 3. The Morgan fingerprint density at radius 2 is 1.87 bits per heavy atom. The highest BCUT2D eigenvalue weighted by Gasteiger charge is 2.21. The van der Waals surface area contributed by atoms with Crippen LogP contribution >= 0.6 is 23.4 Å². The molecule has 0 radical (unpaired) electrons. The normalized spacial score (nSPS) is 11.7. The monoisotopic (exact) mass is 461 g/mol. The van der Waals surface area contributed by atoms with Crippen molar-refractivity contribution >= 4 is 40.9 Å². The Labute approximate surface area is 188 Å². The minimum Gasteiger partial charge on any atom is -0.342 e. The average Bonchev–Trinajstić information content (AvgIpc) is 3.17. The van der Waals surface area contributed by atoms with E-state index in [1.54, 1.807) is 41.8 Å². The van der Waals surface area contributed by atoms with Crippen LogP contribution in [0, 0.1) is 5.82 Å². The fraction of sp³-hybridized carbons (Fsp3) is 0.238. The Morgan fingerprint density at radius 3 is 2.58 bits per heavy atom. The second kappa shape index (κ2) is 10.4. The number of nitrogens with one attached hydrogen (secondary N) is 2. The summed E-state index contributed by atoms with van der Waals surface area (Å²) in [5, 5.41) is 14.8. The Hall–Kier alpha value is -2.91. The van der Waals surface area contributed by atoms with E-state index in [2.05, 4.69) is 20.8 Å². The molecule has 0 spiro atoms. The summed E-state index contributed by atoms with van der Waals surface area (Å²) in [5.74, 6) is -0.735. The second-order valence-electron chi connectivity index (χ2n) is 6.58. The molecule has 2 amide bonds. The third-order valence-corrected chi connectivity index (χ3v) is 5.69. The predicted octanol–water partition coefficient (Wildman–Crippen LogP) is 4.31. The number of halogens is 2. The molecule has 31 heavy (non-hydrogen) atoms. The fourth-order valence-electron chi connectivity index (χ4n) is 2.89. The third kappa shape index (κ3) is 5.62. The smallest absolute Gasteiger partial charge is 0.254 e. The lowest BCUT2D eigenvalue weighted by atomic mass is 10.2. The summed E-state index contributed by atoms with van der Waals surface area (Å²) < 4.78 is 15.7. The van der Waals surface area contributed by atoms with Gasteiger partial charge in [0.15, 0.2) is 11.0 Å². The lowest BCUT2D eigenvalue weighted by Gasteiger charge is -2.15. The predicted molar refractivity (Wildman–Crippen MR) is 119 cm³/mol. The van der Waals surface area contributed by atoms with E-state index < -0.39 is 17.8 Å². The van der Waals surface area contributed by atoms with Crippen molar-refractivity contribution in [3.8, 4) is 0 Å². The molecular formula is C21H21ClFN5O2S. The number of amides is 2. The highest BCUT2D eigenvalue weighted by Crippen LogP contribution is 2.23. The lowest BCUT2D eigenvalue weighted by Crippen LogP contribution is -2.29. The number of aromatic nitrogens is 3. The summed E-state index contributed by atoms with van der Waals surface area (Å²) in [4.78, 5) is 24.7. The Morgan fingerprint density at radius 1 is 1.16 bits per heavy atom. The van der Waals surface area contributed by atoms with Crippen LogP contribution in [0.1, 0.15) is 36.1 Å². The van der Waals surface area contributed by atoms with Gasteiger partial charge in [-0.2, -0.15) is 0 Å². The second-order valence-corrected chi connectivity index (χ2v) is 7.93. The number of rotatable bonds is 8. The first-order valence-electron chi connectivity index (χ1n) is 9.56. The summed E-state index contributed by atoms with van der Waals surface area (Å²) in [6, 6.07) is 12.2. The first kappa shape index (κ1) is 22.8. The molecule has 0 saturated carbocycles. The lowest BCUT2D eigenvalue weighted by molar-refractivity contribution is -0.113. The molecule has 2 N–H and O–H groups in total. The van der Waals surface area contributed by atoms with Gasteiger partial charge in [0.2, 0.25) is 5.91 Å². The molecule has 3 rings (SSSR count). The number of carbonyl (C=O) groups excluding carboxylic acids is 2. The number of hydrogen-bond acceptors (Lipinski definition) is 5. The average molecular weight is 462 g/mol. The Balaban J connectivity index is 1.64. The van der Waals surface area contributed by atoms with E-state index in [-0.39, 0.29) is 17.2 Å². The Kier molecular flexibility index (Phi) is 7.64. The minimum absolute atomic E-state index is 0.0391. The van der Waals surface area contributed by atoms with Crippen molar-refractivity contribution in [2.75, 3.05) is 11.1 Å². The van der Waals surface area contributed by atoms with Gasteiger partial charge in [-0.15, -0.1) is 10.2 Å². The molecule has 0 aliphatic carbocycles. The van der Waals surface area contributed by atoms with Gasteiger partial charge in [-0.3, -0.25) is 9.59 Å². The maximum absolute atomic E-state index is 13.9. The van der Waals surface area contributed by atoms with E-state index in [1.807, 2.05) is 6.92 Å². The van der Waals surface area contributed by atoms with Crippen LogP contribution in [-0.2, 0) is 11.3 Å². The molecule has 10 heteroatoms. The highest BCUT2D eigenvalue weighted by molar-refractivity contribution is 7.99. The van der Waals surface area contributed by atoms with Gasteiger partial charge in [0, 0.05) is 6.54 Å². The van der Waals surface area contributed by atoms with Crippen molar-refractivity contribution in [2.24, 2.45) is 0 Å². The summed E-state index contributed by atoms with van der Waals surface area (Å²) in [6.07, 6.45) is 0. The van der Waals surface area contributed by atoms with Crippen LogP contribution in [0.25, 0.3) is 0 Å². The van der Waals surface area contributed by atoms with Crippen molar-refractivity contribution in [1.29, 1.82) is 0 Å². The van der Waals surface area contributed by atoms with E-state index in [1.165, 1.54) is 30.0 Å². The molecule has 0 aliphatic heterocycles. The van der Waals surface area contributed by atoms with Gasteiger partial charge in [-0.25, -0.2) is 4.39 Å². The highest BCUT2D eigenvalue weighted by atomic mass is 35.5. The molecule has 1 atom stereocenters. The van der Waals surface area contributed by atoms with E-state index in [0.29, 0.717) is 28.2 Å². The van der Waals surface area contributed by atoms with Crippen LogP contribution in [0.2, 0.25) is 5.02 Å². The summed E-state index contributed by atoms with van der Waals surface area (Å²) in [7, 11) is 0. The first-order valence-corrected chi connectivity index (χ1v) is 10.9. The number of thioether (sulfide) groups is 1. The molecule has 0 bridgehead atoms. The molecule has 0 unspecified atom stereocenters. The fourth-order valence-corrected chi connectivity index (χ4v) is 3.88. The van der Waals surface area contributed by atoms with Gasteiger partial charge in [0.05, 0.1) is 28.1 Å². The van der Waals surface area contributed by atoms with Crippen LogP contribution in [0.4, 0.5) is 10.1 Å². The molecular weight excluding hydrogens is 441 g/mol. The topological polar surface area (TPSA) is 88.9 Å². The summed E-state index contributed by atoms with van der Waals surface area (Å²) in [5.41, 5.74) is 0.500. The molecule has 1 heterocycles. The maximum Gasteiger partial charge on any atom is 0.254 e. The van der Waals surface area contributed by atoms with Gasteiger partial charge in [-0.1, -0.05) is 47.6 Å². The molecule has 0 fully saturated rings. The van der Waals surface area contributed by atoms with Gasteiger partial charge in [0.1, 0.15) is 5.82 Å². The summed E-state index contributed by atoms with van der Waals surface area (Å²) >= 11 is 7.28. The SMILES string of the molecule is CCn1c(SCC(=O)Nc2ccccc2Cl)nnc1[C@H](C)NC(=O)c1ccccc1F. The molecule has 0 saturated heterocycles. The summed E-state index contributed by atoms with van der Waals surface area (Å²) in [6.45, 7) is 4.19. The number of benzene rings is 2. The van der Waals surface area contributed by atoms with Gasteiger partial charge in [-0.05, 0) is 38.1 Å². The van der Waals surface area contributed by atoms with Crippen molar-refractivity contribution in [2.45, 2.75) is 31.6 Å². The molecule has 2 aromatic carbocycles. The standard InChI is InChI=1S/C21H21ClFN5O2S/c1-3-28-19(13(2)24-20(30)14-8-4-6-10-16(14)23)26-27-21(28)31-12-18(29)25-17-11-7-5-9-15(17)22/h4-11,13H,3,12H2,1-2H3,(H,24,30)(H,25,29)/t13-/m0/s1. The largest absolute Gasteiger partial charge is 0.342 e. The van der Waals surface area contributed by atoms with Crippen LogP contribution < -0.4 is 10.6 Å². The van der Waals surface area contributed by atoms with Gasteiger partial charge in [0.25, 0.3) is 5.91 Å². The van der Waals surface area contributed by atoms with Crippen LogP contribution in [0.3, 0.4) is 0 Å². The Bertz CT molecular complexity index is 1090. The number of carbonyl (C=O) groups is 2. The van der Waals surface area contributed by atoms with Crippen molar-refractivity contribution < 1.29 is 14.0 Å². The molecule has 3 aromatic rings. The number of anilines is 1. The van der Waals surface area contributed by atoms with Crippen molar-refractivity contribution in [1.82, 2.24) is 20.1 Å². The number of hydrogen-bond donors (Lipinski definition) is 2. The first-order chi connectivity index (χ1) is 14.9. The zero-order chi connectivity index (χ0) is 22.4. The molecule has 162 valence electrons. The van der Waals surface area contributed by atoms with Crippen molar-refractivity contribution in [3.05, 3.63) is 70.8 Å². The maximum atomic E-state index is 13.9. The van der Waals surface area contributed by atoms with E-state index >= 15 is 0 Å².